The van der Waals surface area contributed by atoms with E-state index >= 15 is 0 Å². The van der Waals surface area contributed by atoms with E-state index in [0.717, 1.165) is 6.26 Å². The summed E-state index contributed by atoms with van der Waals surface area (Å²) in [4.78, 5) is 11.9. The number of benzene rings is 1. The van der Waals surface area contributed by atoms with Crippen LogP contribution in [-0.2, 0) is 14.6 Å². The van der Waals surface area contributed by atoms with Crippen molar-refractivity contribution in [1.29, 1.82) is 0 Å². The second kappa shape index (κ2) is 8.93. The van der Waals surface area contributed by atoms with Gasteiger partial charge in [0, 0.05) is 16.3 Å². The minimum atomic E-state index is -3.14. The molecule has 0 saturated carbocycles. The second-order valence-electron chi connectivity index (χ2n) is 4.92. The van der Waals surface area contributed by atoms with Crippen molar-refractivity contribution in [3.05, 3.63) is 33.8 Å². The quantitative estimate of drug-likeness (QED) is 0.781. The molecule has 0 saturated heterocycles. The van der Waals surface area contributed by atoms with Crippen LogP contribution in [0.1, 0.15) is 24.9 Å². The highest BCUT2D eigenvalue weighted by atomic mass is 35.5. The summed E-state index contributed by atoms with van der Waals surface area (Å²) in [5.74, 6) is -0.547. The molecule has 0 radical (unpaired) electrons. The SMILES string of the molecule is CC(NC(=O)C(N)CCS(C)(=O)=O)c1ccc(Cl)cc1Cl.Cl. The van der Waals surface area contributed by atoms with E-state index in [0.29, 0.717) is 15.6 Å². The third kappa shape index (κ3) is 7.15. The van der Waals surface area contributed by atoms with Crippen LogP contribution in [0.15, 0.2) is 18.2 Å². The van der Waals surface area contributed by atoms with Gasteiger partial charge in [-0.05, 0) is 31.0 Å². The van der Waals surface area contributed by atoms with E-state index in [1.54, 1.807) is 25.1 Å². The number of hydrogen-bond acceptors (Lipinski definition) is 4. The van der Waals surface area contributed by atoms with Crippen LogP contribution < -0.4 is 11.1 Å². The first kappa shape index (κ1) is 21.5. The number of rotatable bonds is 6. The van der Waals surface area contributed by atoms with E-state index < -0.39 is 21.8 Å². The highest BCUT2D eigenvalue weighted by Crippen LogP contribution is 2.26. The Labute approximate surface area is 146 Å². The molecule has 0 aliphatic heterocycles. The van der Waals surface area contributed by atoms with Crippen molar-refractivity contribution in [2.45, 2.75) is 25.4 Å². The number of hydrogen-bond donors (Lipinski definition) is 2. The smallest absolute Gasteiger partial charge is 0.237 e. The minimum absolute atomic E-state index is 0. The lowest BCUT2D eigenvalue weighted by molar-refractivity contribution is -0.123. The van der Waals surface area contributed by atoms with E-state index in [9.17, 15) is 13.2 Å². The highest BCUT2D eigenvalue weighted by molar-refractivity contribution is 7.90. The maximum absolute atomic E-state index is 11.9. The fourth-order valence-electron chi connectivity index (χ4n) is 1.72. The molecule has 0 fully saturated rings. The molecule has 3 N–H and O–H groups in total. The first-order valence-electron chi connectivity index (χ1n) is 6.29. The number of nitrogens with one attached hydrogen (secondary N) is 1. The van der Waals surface area contributed by atoms with Crippen molar-refractivity contribution in [2.24, 2.45) is 5.73 Å². The van der Waals surface area contributed by atoms with E-state index in [-0.39, 0.29) is 30.6 Å². The Kier molecular flexibility index (Phi) is 8.72. The van der Waals surface area contributed by atoms with Crippen LogP contribution >= 0.6 is 35.6 Å². The Morgan fingerprint density at radius 2 is 1.95 bits per heavy atom. The summed E-state index contributed by atoms with van der Waals surface area (Å²) >= 11 is 11.9. The summed E-state index contributed by atoms with van der Waals surface area (Å²) in [6.07, 6.45) is 1.18. The average molecular weight is 390 g/mol. The summed E-state index contributed by atoms with van der Waals surface area (Å²) in [6, 6.07) is 3.75. The number of sulfone groups is 1. The van der Waals surface area contributed by atoms with Crippen molar-refractivity contribution in [3.8, 4) is 0 Å². The van der Waals surface area contributed by atoms with Gasteiger partial charge < -0.3 is 11.1 Å². The molecular weight excluding hydrogens is 371 g/mol. The van der Waals surface area contributed by atoms with Crippen LogP contribution in [0, 0.1) is 0 Å². The molecule has 0 aromatic heterocycles. The van der Waals surface area contributed by atoms with Gasteiger partial charge in [-0.15, -0.1) is 12.4 Å². The first-order chi connectivity index (χ1) is 9.60. The van der Waals surface area contributed by atoms with Crippen LogP contribution in [0.4, 0.5) is 0 Å². The largest absolute Gasteiger partial charge is 0.348 e. The maximum Gasteiger partial charge on any atom is 0.237 e. The van der Waals surface area contributed by atoms with Gasteiger partial charge in [0.05, 0.1) is 17.8 Å². The van der Waals surface area contributed by atoms with E-state index in [2.05, 4.69) is 5.32 Å². The zero-order valence-corrected chi connectivity index (χ0v) is 15.3. The minimum Gasteiger partial charge on any atom is -0.348 e. The Hall–Kier alpha value is -0.530. The maximum atomic E-state index is 11.9. The Morgan fingerprint density at radius 1 is 1.36 bits per heavy atom. The number of nitrogens with two attached hydrogens (primary N) is 1. The van der Waals surface area contributed by atoms with E-state index in [4.69, 9.17) is 28.9 Å². The molecule has 0 heterocycles. The van der Waals surface area contributed by atoms with Gasteiger partial charge in [0.2, 0.25) is 5.91 Å². The topological polar surface area (TPSA) is 89.3 Å². The van der Waals surface area contributed by atoms with Gasteiger partial charge in [-0.1, -0.05) is 29.3 Å². The monoisotopic (exact) mass is 388 g/mol. The molecule has 22 heavy (non-hydrogen) atoms. The van der Waals surface area contributed by atoms with Crippen molar-refractivity contribution >= 4 is 51.4 Å². The summed E-state index contributed by atoms with van der Waals surface area (Å²) in [5.41, 5.74) is 6.40. The van der Waals surface area contributed by atoms with Gasteiger partial charge in [-0.3, -0.25) is 4.79 Å². The molecule has 2 atom stereocenters. The van der Waals surface area contributed by atoms with Gasteiger partial charge in [0.1, 0.15) is 9.84 Å². The number of halogens is 3. The second-order valence-corrected chi connectivity index (χ2v) is 8.02. The highest BCUT2D eigenvalue weighted by Gasteiger charge is 2.19. The van der Waals surface area contributed by atoms with E-state index in [1.165, 1.54) is 0 Å². The van der Waals surface area contributed by atoms with Crippen molar-refractivity contribution in [1.82, 2.24) is 5.32 Å². The van der Waals surface area contributed by atoms with Crippen LogP contribution in [0.5, 0.6) is 0 Å². The lowest BCUT2D eigenvalue weighted by Crippen LogP contribution is -2.42. The number of carbonyl (C=O) groups is 1. The summed E-state index contributed by atoms with van der Waals surface area (Å²) in [7, 11) is -3.14. The normalized spacial score (nSPS) is 13.9. The van der Waals surface area contributed by atoms with Gasteiger partial charge >= 0.3 is 0 Å². The molecule has 0 aliphatic carbocycles. The average Bonchev–Trinajstić information content (AvgIpc) is 2.34. The molecular formula is C13H19Cl3N2O3S. The fraction of sp³-hybridized carbons (Fsp3) is 0.462. The summed E-state index contributed by atoms with van der Waals surface area (Å²) in [6.45, 7) is 1.76. The molecule has 1 amide bonds. The van der Waals surface area contributed by atoms with Gasteiger partial charge in [0.15, 0.2) is 0 Å². The van der Waals surface area contributed by atoms with Crippen LogP contribution in [0.25, 0.3) is 0 Å². The Bertz CT molecular complexity index is 623. The molecule has 0 spiro atoms. The Morgan fingerprint density at radius 3 is 2.45 bits per heavy atom. The fourth-order valence-corrected chi connectivity index (χ4v) is 2.98. The summed E-state index contributed by atoms with van der Waals surface area (Å²) < 4.78 is 22.1. The molecule has 2 unspecified atom stereocenters. The molecule has 0 bridgehead atoms. The van der Waals surface area contributed by atoms with E-state index in [1.807, 2.05) is 0 Å². The molecule has 9 heteroatoms. The van der Waals surface area contributed by atoms with Gasteiger partial charge in [-0.25, -0.2) is 8.42 Å². The third-order valence-corrected chi connectivity index (χ3v) is 4.46. The molecule has 1 aromatic rings. The molecule has 0 aliphatic rings. The first-order valence-corrected chi connectivity index (χ1v) is 9.10. The van der Waals surface area contributed by atoms with Crippen molar-refractivity contribution in [2.75, 3.05) is 12.0 Å². The number of amides is 1. The molecule has 126 valence electrons. The molecule has 1 aromatic carbocycles. The van der Waals surface area contributed by atoms with Gasteiger partial charge in [-0.2, -0.15) is 0 Å². The van der Waals surface area contributed by atoms with Crippen molar-refractivity contribution < 1.29 is 13.2 Å². The number of carbonyl (C=O) groups excluding carboxylic acids is 1. The molecule has 5 nitrogen and oxygen atoms in total. The van der Waals surface area contributed by atoms with Crippen molar-refractivity contribution in [3.63, 3.8) is 0 Å². The van der Waals surface area contributed by atoms with Crippen LogP contribution in [0.2, 0.25) is 10.0 Å². The summed E-state index contributed by atoms with van der Waals surface area (Å²) in [5, 5.41) is 3.66. The molecule has 1 rings (SSSR count). The predicted molar refractivity (Wildman–Crippen MR) is 92.6 cm³/mol. The van der Waals surface area contributed by atoms with Gasteiger partial charge in [0.25, 0.3) is 0 Å². The lowest BCUT2D eigenvalue weighted by Gasteiger charge is -2.18. The third-order valence-electron chi connectivity index (χ3n) is 2.92. The zero-order chi connectivity index (χ0) is 16.2. The predicted octanol–water partition coefficient (Wildman–Crippen LogP) is 2.35. The van der Waals surface area contributed by atoms with Crippen LogP contribution in [-0.4, -0.2) is 32.4 Å². The lowest BCUT2D eigenvalue weighted by atomic mass is 10.1. The van der Waals surface area contributed by atoms with Crippen LogP contribution in [0.3, 0.4) is 0 Å². The zero-order valence-electron chi connectivity index (χ0n) is 12.2. The Balaban J connectivity index is 0.00000441. The standard InChI is InChI=1S/C13H18Cl2N2O3S.ClH/c1-8(10-4-3-9(14)7-11(10)15)17-13(18)12(16)5-6-21(2,19)20;/h3-4,7-8,12H,5-6,16H2,1-2H3,(H,17,18);1H.